The monoisotopic (exact) mass is 519 g/mol. The van der Waals surface area contributed by atoms with Crippen LogP contribution >= 0.6 is 0 Å². The zero-order valence-electron chi connectivity index (χ0n) is 22.6. The van der Waals surface area contributed by atoms with Crippen LogP contribution in [-0.2, 0) is 4.74 Å². The molecule has 0 bridgehead atoms. The zero-order valence-corrected chi connectivity index (χ0v) is 22.6. The summed E-state index contributed by atoms with van der Waals surface area (Å²) in [5.41, 5.74) is 5.50. The lowest BCUT2D eigenvalue weighted by molar-refractivity contribution is 0.0511. The van der Waals surface area contributed by atoms with Crippen LogP contribution in [0.3, 0.4) is 0 Å². The van der Waals surface area contributed by atoms with Crippen molar-refractivity contribution in [2.75, 3.05) is 47.4 Å². The third-order valence-electron chi connectivity index (χ3n) is 6.51. The summed E-state index contributed by atoms with van der Waals surface area (Å²) >= 11 is 0. The first kappa shape index (κ1) is 27.5. The van der Waals surface area contributed by atoms with Crippen molar-refractivity contribution in [3.05, 3.63) is 83.4 Å². The number of allylic oxidation sites excluding steroid dienone is 1. The van der Waals surface area contributed by atoms with Crippen LogP contribution in [0.4, 0.5) is 0 Å². The summed E-state index contributed by atoms with van der Waals surface area (Å²) in [4.78, 5) is 2.06. The third kappa shape index (κ3) is 6.86. The summed E-state index contributed by atoms with van der Waals surface area (Å²) in [6, 6.07) is 22.1. The Morgan fingerprint density at radius 2 is 1.47 bits per heavy atom. The molecule has 0 aliphatic carbocycles. The van der Waals surface area contributed by atoms with Crippen LogP contribution in [0, 0.1) is 0 Å². The number of methoxy groups -OCH3 is 1. The molecule has 0 spiro atoms. The van der Waals surface area contributed by atoms with E-state index in [2.05, 4.69) is 49.1 Å². The highest BCUT2D eigenvalue weighted by Crippen LogP contribution is 2.40. The lowest BCUT2D eigenvalue weighted by Crippen LogP contribution is -2.32. The average Bonchev–Trinajstić information content (AvgIpc) is 3.42. The second kappa shape index (κ2) is 13.3. The van der Waals surface area contributed by atoms with E-state index < -0.39 is 6.10 Å². The van der Waals surface area contributed by atoms with E-state index >= 15 is 0 Å². The maximum atomic E-state index is 10.3. The Kier molecular flexibility index (Phi) is 9.65. The first-order valence-corrected chi connectivity index (χ1v) is 13.0. The van der Waals surface area contributed by atoms with E-state index in [0.717, 1.165) is 58.2 Å². The molecule has 0 saturated carbocycles. The number of nitrogens with zero attached hydrogens (tertiary/aromatic N) is 1. The number of aliphatic hydroxyl groups is 1. The van der Waals surface area contributed by atoms with Crippen molar-refractivity contribution in [3.63, 3.8) is 0 Å². The van der Waals surface area contributed by atoms with Gasteiger partial charge in [-0.3, -0.25) is 0 Å². The first-order valence-electron chi connectivity index (χ1n) is 13.0. The Hall–Kier alpha value is -3.52. The highest BCUT2D eigenvalue weighted by atomic mass is 16.7. The maximum absolute atomic E-state index is 10.3. The maximum Gasteiger partial charge on any atom is 0.231 e. The molecule has 0 saturated heterocycles. The van der Waals surface area contributed by atoms with E-state index in [0.29, 0.717) is 6.54 Å². The van der Waals surface area contributed by atoms with Gasteiger partial charge < -0.3 is 33.7 Å². The van der Waals surface area contributed by atoms with Gasteiger partial charge >= 0.3 is 0 Å². The molecule has 7 heteroatoms. The standard InChI is InChI=1S/C31H37NO6/c1-5-28(24-11-16-29-30(17-24)38-21-37-29)31(23-9-14-27(15-10-23)36-20-34-4)22-7-12-26(13-8-22)35-19-25(33)18-32(3)6-2/h7-17,25,33H,5-6,18-21H2,1-4H3. The topological polar surface area (TPSA) is 69.6 Å². The molecule has 1 heterocycles. The van der Waals surface area contributed by atoms with E-state index in [1.54, 1.807) is 7.11 Å². The smallest absolute Gasteiger partial charge is 0.231 e. The van der Waals surface area contributed by atoms with Crippen molar-refractivity contribution >= 4 is 11.1 Å². The summed E-state index contributed by atoms with van der Waals surface area (Å²) in [6.07, 6.45) is 0.262. The van der Waals surface area contributed by atoms with Gasteiger partial charge in [0, 0.05) is 13.7 Å². The molecule has 0 radical (unpaired) electrons. The van der Waals surface area contributed by atoms with Gasteiger partial charge in [-0.25, -0.2) is 0 Å². The fourth-order valence-corrected chi connectivity index (χ4v) is 4.42. The van der Waals surface area contributed by atoms with Gasteiger partial charge in [0.25, 0.3) is 0 Å². The number of fused-ring (bicyclic) bond motifs is 1. The van der Waals surface area contributed by atoms with Gasteiger partial charge in [-0.1, -0.05) is 44.2 Å². The lowest BCUT2D eigenvalue weighted by atomic mass is 9.88. The number of benzene rings is 3. The van der Waals surface area contributed by atoms with Gasteiger partial charge in [0.05, 0.1) is 0 Å². The van der Waals surface area contributed by atoms with Crippen LogP contribution in [-0.4, -0.2) is 63.6 Å². The van der Waals surface area contributed by atoms with Crippen LogP contribution in [0.5, 0.6) is 23.0 Å². The van der Waals surface area contributed by atoms with Gasteiger partial charge in [-0.05, 0) is 84.2 Å². The van der Waals surface area contributed by atoms with E-state index in [-0.39, 0.29) is 20.2 Å². The molecular formula is C31H37NO6. The number of hydrogen-bond donors (Lipinski definition) is 1. The molecule has 0 amide bonds. The molecule has 3 aromatic rings. The minimum absolute atomic E-state index is 0.199. The van der Waals surface area contributed by atoms with Gasteiger partial charge in [0.1, 0.15) is 24.2 Å². The lowest BCUT2D eigenvalue weighted by Gasteiger charge is -2.19. The molecule has 1 unspecified atom stereocenters. The highest BCUT2D eigenvalue weighted by Gasteiger charge is 2.18. The molecule has 1 aliphatic rings. The first-order chi connectivity index (χ1) is 18.5. The van der Waals surface area contributed by atoms with Crippen LogP contribution < -0.4 is 18.9 Å². The molecule has 0 aromatic heterocycles. The minimum Gasteiger partial charge on any atom is -0.491 e. The molecule has 38 heavy (non-hydrogen) atoms. The Balaban J connectivity index is 1.66. The van der Waals surface area contributed by atoms with Crippen molar-refractivity contribution in [1.29, 1.82) is 0 Å². The number of ether oxygens (including phenoxy) is 5. The van der Waals surface area contributed by atoms with Crippen molar-refractivity contribution in [2.24, 2.45) is 0 Å². The highest BCUT2D eigenvalue weighted by molar-refractivity contribution is 5.99. The third-order valence-corrected chi connectivity index (χ3v) is 6.51. The summed E-state index contributed by atoms with van der Waals surface area (Å²) < 4.78 is 27.7. The van der Waals surface area contributed by atoms with Crippen LogP contribution in [0.15, 0.2) is 66.7 Å². The van der Waals surface area contributed by atoms with Gasteiger partial charge in [0.15, 0.2) is 18.3 Å². The normalized spacial score (nSPS) is 13.8. The SMILES string of the molecule is CCC(=C(c1ccc(OCOC)cc1)c1ccc(OCC(O)CN(C)CC)cc1)c1ccc2c(c1)OCO2. The van der Waals surface area contributed by atoms with Crippen molar-refractivity contribution in [3.8, 4) is 23.0 Å². The zero-order chi connectivity index (χ0) is 26.9. The Bertz CT molecular complexity index is 1210. The average molecular weight is 520 g/mol. The van der Waals surface area contributed by atoms with Gasteiger partial charge in [-0.15, -0.1) is 0 Å². The summed E-state index contributed by atoms with van der Waals surface area (Å²) in [5, 5.41) is 10.3. The Labute approximate surface area is 225 Å². The molecule has 0 fully saturated rings. The quantitative estimate of drug-likeness (QED) is 0.238. The van der Waals surface area contributed by atoms with Gasteiger partial charge in [-0.2, -0.15) is 0 Å². The van der Waals surface area contributed by atoms with Crippen molar-refractivity contribution in [1.82, 2.24) is 4.90 Å². The van der Waals surface area contributed by atoms with E-state index in [1.807, 2.05) is 43.4 Å². The molecular weight excluding hydrogens is 482 g/mol. The summed E-state index contributed by atoms with van der Waals surface area (Å²) in [6.45, 7) is 6.35. The molecule has 4 rings (SSSR count). The largest absolute Gasteiger partial charge is 0.491 e. The Morgan fingerprint density at radius 3 is 2.08 bits per heavy atom. The van der Waals surface area contributed by atoms with E-state index in [9.17, 15) is 5.11 Å². The molecule has 1 aliphatic heterocycles. The van der Waals surface area contributed by atoms with E-state index in [4.69, 9.17) is 23.7 Å². The molecule has 1 atom stereocenters. The molecule has 1 N–H and O–H groups in total. The predicted molar refractivity (Wildman–Crippen MR) is 149 cm³/mol. The fourth-order valence-electron chi connectivity index (χ4n) is 4.42. The molecule has 202 valence electrons. The van der Waals surface area contributed by atoms with Crippen LogP contribution in [0.2, 0.25) is 0 Å². The summed E-state index contributed by atoms with van der Waals surface area (Å²) in [5.74, 6) is 2.98. The molecule has 3 aromatic carbocycles. The fraction of sp³-hybridized carbons (Fsp3) is 0.355. The van der Waals surface area contributed by atoms with E-state index in [1.165, 1.54) is 5.57 Å². The van der Waals surface area contributed by atoms with Gasteiger partial charge in [0.2, 0.25) is 6.79 Å². The molecule has 7 nitrogen and oxygen atoms in total. The predicted octanol–water partition coefficient (Wildman–Crippen LogP) is 5.46. The second-order valence-electron chi connectivity index (χ2n) is 9.19. The second-order valence-corrected chi connectivity index (χ2v) is 9.19. The Morgan fingerprint density at radius 1 is 0.868 bits per heavy atom. The number of rotatable bonds is 13. The number of hydrogen-bond acceptors (Lipinski definition) is 7. The number of likely N-dealkylation sites (N-methyl/N-ethyl adjacent to an activating group) is 1. The van der Waals surface area contributed by atoms with Crippen LogP contribution in [0.25, 0.3) is 11.1 Å². The summed E-state index contributed by atoms with van der Waals surface area (Å²) in [7, 11) is 3.58. The number of aliphatic hydroxyl groups excluding tert-OH is 1. The minimum atomic E-state index is -0.549. The van der Waals surface area contributed by atoms with Crippen molar-refractivity contribution in [2.45, 2.75) is 26.4 Å². The van der Waals surface area contributed by atoms with Crippen LogP contribution in [0.1, 0.15) is 37.0 Å². The van der Waals surface area contributed by atoms with Crippen molar-refractivity contribution < 1.29 is 28.8 Å².